The van der Waals surface area contributed by atoms with E-state index in [1.807, 2.05) is 0 Å². The molecule has 1 fully saturated rings. The smallest absolute Gasteiger partial charge is 0.328 e. The summed E-state index contributed by atoms with van der Waals surface area (Å²) in [6.45, 7) is 2.80. The maximum absolute atomic E-state index is 11.7. The summed E-state index contributed by atoms with van der Waals surface area (Å²) in [6, 6.07) is -1.44. The molecule has 1 rings (SSSR count). The Balaban J connectivity index is 2.24. The van der Waals surface area contributed by atoms with Crippen LogP contribution in [0.2, 0.25) is 0 Å². The first-order valence-electron chi connectivity index (χ1n) is 7.32. The Morgan fingerprint density at radius 3 is 2.35 bits per heavy atom. The number of carboxylic acid groups (broad SMARTS) is 1. The van der Waals surface area contributed by atoms with Crippen molar-refractivity contribution in [1.82, 2.24) is 10.6 Å². The molecule has 0 spiro atoms. The molecule has 1 atom stereocenters. The summed E-state index contributed by atoms with van der Waals surface area (Å²) in [5.74, 6) is 0.248. The normalized spacial score (nSPS) is 23.9. The zero-order valence-corrected chi connectivity index (χ0v) is 12.4. The lowest BCUT2D eigenvalue weighted by Crippen LogP contribution is -2.49. The predicted molar refractivity (Wildman–Crippen MR) is 75.6 cm³/mol. The van der Waals surface area contributed by atoms with Crippen molar-refractivity contribution in [3.8, 4) is 0 Å². The number of nitrogens with one attached hydrogen (secondary N) is 2. The van der Waals surface area contributed by atoms with Gasteiger partial charge in [0, 0.05) is 13.7 Å². The molecule has 116 valence electrons. The molecule has 1 aliphatic carbocycles. The van der Waals surface area contributed by atoms with Gasteiger partial charge < -0.3 is 20.5 Å². The van der Waals surface area contributed by atoms with Crippen LogP contribution < -0.4 is 10.6 Å². The SMILES string of the molecule is CCC1CCC(CNC(=O)NC(COC)C(=O)O)CC1. The van der Waals surface area contributed by atoms with Crippen molar-refractivity contribution >= 4 is 12.0 Å². The summed E-state index contributed by atoms with van der Waals surface area (Å²) in [5.41, 5.74) is 0. The van der Waals surface area contributed by atoms with Crippen LogP contribution in [0.3, 0.4) is 0 Å². The van der Waals surface area contributed by atoms with Gasteiger partial charge in [-0.15, -0.1) is 0 Å². The van der Waals surface area contributed by atoms with Crippen molar-refractivity contribution in [3.05, 3.63) is 0 Å². The molecule has 0 aromatic heterocycles. The van der Waals surface area contributed by atoms with Crippen LogP contribution in [0.5, 0.6) is 0 Å². The van der Waals surface area contributed by atoms with Gasteiger partial charge in [0.05, 0.1) is 6.61 Å². The predicted octanol–water partition coefficient (Wildman–Crippen LogP) is 1.60. The van der Waals surface area contributed by atoms with E-state index in [4.69, 9.17) is 9.84 Å². The maximum Gasteiger partial charge on any atom is 0.328 e. The molecular weight excluding hydrogens is 260 g/mol. The molecule has 1 unspecified atom stereocenters. The molecule has 0 heterocycles. The number of aliphatic carboxylic acids is 1. The molecule has 6 heteroatoms. The number of carboxylic acids is 1. The van der Waals surface area contributed by atoms with Crippen molar-refractivity contribution in [3.63, 3.8) is 0 Å². The van der Waals surface area contributed by atoms with E-state index in [0.29, 0.717) is 12.5 Å². The third-order valence-electron chi connectivity index (χ3n) is 4.03. The fourth-order valence-corrected chi connectivity index (χ4v) is 2.63. The molecule has 0 aliphatic heterocycles. The summed E-state index contributed by atoms with van der Waals surface area (Å²) in [4.78, 5) is 22.5. The summed E-state index contributed by atoms with van der Waals surface area (Å²) >= 11 is 0. The topological polar surface area (TPSA) is 87.7 Å². The zero-order valence-electron chi connectivity index (χ0n) is 12.4. The van der Waals surface area contributed by atoms with Gasteiger partial charge >= 0.3 is 12.0 Å². The number of hydrogen-bond donors (Lipinski definition) is 3. The highest BCUT2D eigenvalue weighted by Crippen LogP contribution is 2.29. The fraction of sp³-hybridized carbons (Fsp3) is 0.857. The van der Waals surface area contributed by atoms with Crippen LogP contribution in [0.15, 0.2) is 0 Å². The van der Waals surface area contributed by atoms with Gasteiger partial charge in [-0.25, -0.2) is 9.59 Å². The minimum Gasteiger partial charge on any atom is -0.480 e. The van der Waals surface area contributed by atoms with Gasteiger partial charge in [-0.2, -0.15) is 0 Å². The highest BCUT2D eigenvalue weighted by molar-refractivity contribution is 5.82. The third-order valence-corrected chi connectivity index (χ3v) is 4.03. The number of methoxy groups -OCH3 is 1. The van der Waals surface area contributed by atoms with E-state index in [0.717, 1.165) is 18.8 Å². The van der Waals surface area contributed by atoms with E-state index in [1.54, 1.807) is 0 Å². The second-order valence-electron chi connectivity index (χ2n) is 5.50. The van der Waals surface area contributed by atoms with Gasteiger partial charge in [0.1, 0.15) is 0 Å². The summed E-state index contributed by atoms with van der Waals surface area (Å²) in [6.07, 6.45) is 5.97. The Morgan fingerprint density at radius 1 is 1.25 bits per heavy atom. The first kappa shape index (κ1) is 16.8. The van der Waals surface area contributed by atoms with Crippen LogP contribution in [0.25, 0.3) is 0 Å². The average Bonchev–Trinajstić information content (AvgIpc) is 2.45. The summed E-state index contributed by atoms with van der Waals surface area (Å²) in [5, 5.41) is 14.1. The van der Waals surface area contributed by atoms with Gasteiger partial charge in [-0.3, -0.25) is 0 Å². The van der Waals surface area contributed by atoms with Crippen LogP contribution in [-0.2, 0) is 9.53 Å². The second-order valence-corrected chi connectivity index (χ2v) is 5.50. The van der Waals surface area contributed by atoms with Gasteiger partial charge in [-0.05, 0) is 24.7 Å². The summed E-state index contributed by atoms with van der Waals surface area (Å²) < 4.78 is 4.76. The standard InChI is InChI=1S/C14H26N2O4/c1-3-10-4-6-11(7-5-10)8-15-14(19)16-12(9-20-2)13(17)18/h10-12H,3-9H2,1-2H3,(H,17,18)(H2,15,16,19). The van der Waals surface area contributed by atoms with Crippen LogP contribution >= 0.6 is 0 Å². The number of carbonyl (C=O) groups excluding carboxylic acids is 1. The first-order valence-corrected chi connectivity index (χ1v) is 7.32. The Labute approximate surface area is 120 Å². The molecule has 20 heavy (non-hydrogen) atoms. The summed E-state index contributed by atoms with van der Waals surface area (Å²) in [7, 11) is 1.40. The van der Waals surface area contributed by atoms with Gasteiger partial charge in [0.25, 0.3) is 0 Å². The van der Waals surface area contributed by atoms with E-state index >= 15 is 0 Å². The van der Waals surface area contributed by atoms with Crippen LogP contribution in [0.4, 0.5) is 4.79 Å². The second kappa shape index (κ2) is 8.79. The molecule has 0 saturated heterocycles. The number of urea groups is 1. The number of amides is 2. The largest absolute Gasteiger partial charge is 0.480 e. The van der Waals surface area contributed by atoms with Gasteiger partial charge in [0.2, 0.25) is 0 Å². The van der Waals surface area contributed by atoms with Crippen molar-refractivity contribution in [2.75, 3.05) is 20.3 Å². The van der Waals surface area contributed by atoms with E-state index in [-0.39, 0.29) is 6.61 Å². The van der Waals surface area contributed by atoms with E-state index in [1.165, 1.54) is 26.4 Å². The quantitative estimate of drug-likeness (QED) is 0.663. The van der Waals surface area contributed by atoms with E-state index in [2.05, 4.69) is 17.6 Å². The van der Waals surface area contributed by atoms with E-state index < -0.39 is 18.0 Å². The molecule has 0 bridgehead atoms. The Kier molecular flexibility index (Phi) is 7.36. The number of carbonyl (C=O) groups is 2. The number of rotatable bonds is 7. The molecule has 2 amide bonds. The third kappa shape index (κ3) is 5.77. The minimum absolute atomic E-state index is 0.0373. The van der Waals surface area contributed by atoms with Crippen LogP contribution in [0, 0.1) is 11.8 Å². The first-order chi connectivity index (χ1) is 9.56. The van der Waals surface area contributed by atoms with Crippen molar-refractivity contribution in [2.45, 2.75) is 45.1 Å². The highest BCUT2D eigenvalue weighted by Gasteiger charge is 2.22. The fourth-order valence-electron chi connectivity index (χ4n) is 2.63. The van der Waals surface area contributed by atoms with Gasteiger partial charge in [0.15, 0.2) is 6.04 Å². The van der Waals surface area contributed by atoms with E-state index in [9.17, 15) is 9.59 Å². The molecule has 6 nitrogen and oxygen atoms in total. The lowest BCUT2D eigenvalue weighted by Gasteiger charge is -2.28. The van der Waals surface area contributed by atoms with Gasteiger partial charge in [-0.1, -0.05) is 26.2 Å². The average molecular weight is 286 g/mol. The van der Waals surface area contributed by atoms with Crippen molar-refractivity contribution in [1.29, 1.82) is 0 Å². The van der Waals surface area contributed by atoms with Crippen LogP contribution in [-0.4, -0.2) is 43.4 Å². The Hall–Kier alpha value is -1.30. The highest BCUT2D eigenvalue weighted by atomic mass is 16.5. The van der Waals surface area contributed by atoms with Crippen molar-refractivity contribution < 1.29 is 19.4 Å². The monoisotopic (exact) mass is 286 g/mol. The molecule has 1 aliphatic rings. The van der Waals surface area contributed by atoms with Crippen LogP contribution in [0.1, 0.15) is 39.0 Å². The number of ether oxygens (including phenoxy) is 1. The zero-order chi connectivity index (χ0) is 15.0. The molecular formula is C14H26N2O4. The Morgan fingerprint density at radius 2 is 1.85 bits per heavy atom. The lowest BCUT2D eigenvalue weighted by molar-refractivity contribution is -0.140. The molecule has 1 saturated carbocycles. The minimum atomic E-state index is -1.09. The molecule has 0 aromatic carbocycles. The molecule has 0 radical (unpaired) electrons. The lowest BCUT2D eigenvalue weighted by atomic mass is 9.81. The molecule has 0 aromatic rings. The number of hydrogen-bond acceptors (Lipinski definition) is 3. The maximum atomic E-state index is 11.7. The van der Waals surface area contributed by atoms with Crippen molar-refractivity contribution in [2.24, 2.45) is 11.8 Å². The Bertz CT molecular complexity index is 314. The molecule has 3 N–H and O–H groups in total.